The van der Waals surface area contributed by atoms with Gasteiger partial charge in [0.05, 0.1) is 24.6 Å². The molecule has 6 nitrogen and oxygen atoms in total. The highest BCUT2D eigenvalue weighted by molar-refractivity contribution is 5.90. The van der Waals surface area contributed by atoms with E-state index in [4.69, 9.17) is 4.74 Å². The van der Waals surface area contributed by atoms with Gasteiger partial charge in [-0.3, -0.25) is 4.79 Å². The lowest BCUT2D eigenvalue weighted by Gasteiger charge is -2.37. The molecule has 2 aromatic rings. The number of piperidine rings is 1. The number of carbonyl (C=O) groups excluding carboxylic acids is 1. The van der Waals surface area contributed by atoms with E-state index in [1.54, 1.807) is 34.1 Å². The molecule has 0 aliphatic carbocycles. The Hall–Kier alpha value is -2.42. The average molecular weight is 394 g/mol. The van der Waals surface area contributed by atoms with Gasteiger partial charge in [0.1, 0.15) is 5.82 Å². The minimum Gasteiger partial charge on any atom is -0.378 e. The molecule has 1 atom stereocenters. The van der Waals surface area contributed by atoms with Crippen molar-refractivity contribution in [1.82, 2.24) is 14.9 Å². The third kappa shape index (κ3) is 3.76. The van der Waals surface area contributed by atoms with Crippen molar-refractivity contribution in [2.45, 2.75) is 19.0 Å². The second-order valence-electron chi connectivity index (χ2n) is 7.11. The minimum absolute atomic E-state index is 0.0439. The third-order valence-corrected chi connectivity index (χ3v) is 5.23. The van der Waals surface area contributed by atoms with Crippen LogP contribution in [0.15, 0.2) is 24.3 Å². The quantitative estimate of drug-likeness (QED) is 0.784. The van der Waals surface area contributed by atoms with Crippen LogP contribution < -0.4 is 4.90 Å². The maximum atomic E-state index is 13.3. The fourth-order valence-corrected chi connectivity index (χ4v) is 3.84. The summed E-state index contributed by atoms with van der Waals surface area (Å²) in [5.41, 5.74) is 0.251. The topological polar surface area (TPSA) is 58.6 Å². The molecule has 0 bridgehead atoms. The van der Waals surface area contributed by atoms with E-state index < -0.39 is 12.0 Å². The van der Waals surface area contributed by atoms with Gasteiger partial charge in [0.25, 0.3) is 0 Å². The van der Waals surface area contributed by atoms with E-state index in [0.717, 1.165) is 12.8 Å². The van der Waals surface area contributed by atoms with Crippen molar-refractivity contribution in [3.63, 3.8) is 0 Å². The van der Waals surface area contributed by atoms with Crippen molar-refractivity contribution < 1.29 is 22.7 Å². The van der Waals surface area contributed by atoms with E-state index in [2.05, 4.69) is 9.97 Å². The van der Waals surface area contributed by atoms with Crippen LogP contribution in [0.25, 0.3) is 10.9 Å². The van der Waals surface area contributed by atoms with Crippen LogP contribution in [-0.4, -0.2) is 60.2 Å². The number of benzene rings is 1. The SMILES string of the molecule is O=C(C1CCCN(c2nc(C(F)(F)F)nc3ccccc23)C1)N1CCOCC1. The Kier molecular flexibility index (Phi) is 5.09. The van der Waals surface area contributed by atoms with Crippen LogP contribution in [0.1, 0.15) is 18.7 Å². The number of alkyl halides is 3. The Morgan fingerprint density at radius 3 is 2.61 bits per heavy atom. The number of rotatable bonds is 2. The lowest BCUT2D eigenvalue weighted by Crippen LogP contribution is -2.48. The first-order valence-electron chi connectivity index (χ1n) is 9.39. The summed E-state index contributed by atoms with van der Waals surface area (Å²) in [5, 5.41) is 0.565. The molecule has 1 unspecified atom stereocenters. The van der Waals surface area contributed by atoms with Crippen molar-refractivity contribution in [1.29, 1.82) is 0 Å². The lowest BCUT2D eigenvalue weighted by atomic mass is 9.96. The van der Waals surface area contributed by atoms with Gasteiger partial charge >= 0.3 is 6.18 Å². The van der Waals surface area contributed by atoms with Gasteiger partial charge in [-0.1, -0.05) is 12.1 Å². The van der Waals surface area contributed by atoms with Crippen molar-refractivity contribution in [3.8, 4) is 0 Å². The van der Waals surface area contributed by atoms with Gasteiger partial charge in [-0.25, -0.2) is 9.97 Å². The molecular weight excluding hydrogens is 373 g/mol. The summed E-state index contributed by atoms with van der Waals surface area (Å²) in [5.74, 6) is -1.11. The van der Waals surface area contributed by atoms with E-state index in [9.17, 15) is 18.0 Å². The molecule has 0 spiro atoms. The largest absolute Gasteiger partial charge is 0.451 e. The average Bonchev–Trinajstić information content (AvgIpc) is 2.72. The number of aromatic nitrogens is 2. The maximum absolute atomic E-state index is 13.3. The van der Waals surface area contributed by atoms with Crippen LogP contribution in [0, 0.1) is 5.92 Å². The number of fused-ring (bicyclic) bond motifs is 1. The van der Waals surface area contributed by atoms with E-state index in [1.807, 2.05) is 0 Å². The molecule has 28 heavy (non-hydrogen) atoms. The first-order valence-corrected chi connectivity index (χ1v) is 9.39. The fourth-order valence-electron chi connectivity index (χ4n) is 3.84. The van der Waals surface area contributed by atoms with Gasteiger partial charge in [-0.2, -0.15) is 13.2 Å². The maximum Gasteiger partial charge on any atom is 0.451 e. The predicted molar refractivity (Wildman–Crippen MR) is 96.9 cm³/mol. The fraction of sp³-hybridized carbons (Fsp3) is 0.526. The van der Waals surface area contributed by atoms with Crippen molar-refractivity contribution in [2.75, 3.05) is 44.3 Å². The molecule has 0 saturated carbocycles. The highest BCUT2D eigenvalue weighted by atomic mass is 19.4. The molecule has 1 amide bonds. The molecular formula is C19H21F3N4O2. The van der Waals surface area contributed by atoms with E-state index in [-0.39, 0.29) is 23.2 Å². The standard InChI is InChI=1S/C19H21F3N4O2/c20-19(21,22)18-23-15-6-2-1-5-14(15)16(24-18)26-7-3-4-13(12-26)17(27)25-8-10-28-11-9-25/h1-2,5-6,13H,3-4,7-12H2. The van der Waals surface area contributed by atoms with Crippen LogP contribution in [-0.2, 0) is 15.7 Å². The first kappa shape index (κ1) is 18.9. The number of nitrogens with zero attached hydrogens (tertiary/aromatic N) is 4. The third-order valence-electron chi connectivity index (χ3n) is 5.23. The Labute approximate surface area is 160 Å². The summed E-state index contributed by atoms with van der Waals surface area (Å²) >= 11 is 0. The molecule has 4 rings (SSSR count). The molecule has 2 fully saturated rings. The highest BCUT2D eigenvalue weighted by Gasteiger charge is 2.37. The second kappa shape index (κ2) is 7.54. The zero-order valence-electron chi connectivity index (χ0n) is 15.3. The van der Waals surface area contributed by atoms with Crippen LogP contribution in [0.2, 0.25) is 0 Å². The number of amides is 1. The monoisotopic (exact) mass is 394 g/mol. The zero-order valence-corrected chi connectivity index (χ0v) is 15.3. The number of anilines is 1. The molecule has 3 heterocycles. The number of carbonyl (C=O) groups is 1. The van der Waals surface area contributed by atoms with Gasteiger partial charge in [0.15, 0.2) is 0 Å². The van der Waals surface area contributed by atoms with Crippen LogP contribution >= 0.6 is 0 Å². The number of hydrogen-bond donors (Lipinski definition) is 0. The van der Waals surface area contributed by atoms with Gasteiger partial charge in [-0.05, 0) is 25.0 Å². The molecule has 2 saturated heterocycles. The Morgan fingerprint density at radius 2 is 1.86 bits per heavy atom. The summed E-state index contributed by atoms with van der Waals surface area (Å²) in [6.45, 7) is 3.08. The van der Waals surface area contributed by atoms with E-state index in [1.165, 1.54) is 0 Å². The van der Waals surface area contributed by atoms with E-state index in [0.29, 0.717) is 44.8 Å². The van der Waals surface area contributed by atoms with E-state index >= 15 is 0 Å². The van der Waals surface area contributed by atoms with Crippen molar-refractivity contribution in [2.24, 2.45) is 5.92 Å². The van der Waals surface area contributed by atoms with Gasteiger partial charge in [-0.15, -0.1) is 0 Å². The second-order valence-corrected chi connectivity index (χ2v) is 7.11. The molecule has 2 aliphatic rings. The number of morpholine rings is 1. The molecule has 1 aromatic carbocycles. The van der Waals surface area contributed by atoms with Gasteiger partial charge in [0, 0.05) is 31.6 Å². The number of ether oxygens (including phenoxy) is 1. The van der Waals surface area contributed by atoms with Crippen molar-refractivity contribution in [3.05, 3.63) is 30.1 Å². The van der Waals surface area contributed by atoms with Crippen LogP contribution in [0.5, 0.6) is 0 Å². The Balaban J connectivity index is 1.64. The Bertz CT molecular complexity index is 868. The molecule has 150 valence electrons. The molecule has 1 aromatic heterocycles. The molecule has 9 heteroatoms. The number of halogens is 3. The molecule has 0 N–H and O–H groups in total. The lowest BCUT2D eigenvalue weighted by molar-refractivity contribution is -0.144. The summed E-state index contributed by atoms with van der Waals surface area (Å²) in [6.07, 6.45) is -3.18. The summed E-state index contributed by atoms with van der Waals surface area (Å²) in [4.78, 5) is 24.0. The summed E-state index contributed by atoms with van der Waals surface area (Å²) < 4.78 is 45.2. The highest BCUT2D eigenvalue weighted by Crippen LogP contribution is 2.33. The van der Waals surface area contributed by atoms with Crippen LogP contribution in [0.3, 0.4) is 0 Å². The van der Waals surface area contributed by atoms with Crippen molar-refractivity contribution >= 4 is 22.6 Å². The summed E-state index contributed by atoms with van der Waals surface area (Å²) in [6, 6.07) is 6.68. The van der Waals surface area contributed by atoms with Crippen LogP contribution in [0.4, 0.5) is 19.0 Å². The molecule has 2 aliphatic heterocycles. The summed E-state index contributed by atoms with van der Waals surface area (Å²) in [7, 11) is 0. The smallest absolute Gasteiger partial charge is 0.378 e. The Morgan fingerprint density at radius 1 is 1.11 bits per heavy atom. The molecule has 0 radical (unpaired) electrons. The normalized spacial score (nSPS) is 21.2. The van der Waals surface area contributed by atoms with Gasteiger partial charge in [0.2, 0.25) is 11.7 Å². The first-order chi connectivity index (χ1) is 13.4. The van der Waals surface area contributed by atoms with Gasteiger partial charge < -0.3 is 14.5 Å². The number of hydrogen-bond acceptors (Lipinski definition) is 5. The minimum atomic E-state index is -4.63. The predicted octanol–water partition coefficient (Wildman–Crippen LogP) is 2.72. The zero-order chi connectivity index (χ0) is 19.7. The number of para-hydroxylation sites is 1.